The molecule has 1 amide bonds. The van der Waals surface area contributed by atoms with Gasteiger partial charge in [0.2, 0.25) is 0 Å². The molecule has 0 aliphatic carbocycles. The first-order valence-corrected chi connectivity index (χ1v) is 9.61. The lowest BCUT2D eigenvalue weighted by atomic mass is 9.85. The van der Waals surface area contributed by atoms with Gasteiger partial charge in [0.1, 0.15) is 17.1 Å². The summed E-state index contributed by atoms with van der Waals surface area (Å²) in [6.45, 7) is 2.60. The van der Waals surface area contributed by atoms with E-state index in [4.69, 9.17) is 4.74 Å². The van der Waals surface area contributed by atoms with Crippen LogP contribution in [0.4, 0.5) is 5.82 Å². The van der Waals surface area contributed by atoms with Gasteiger partial charge in [-0.2, -0.15) is 0 Å². The van der Waals surface area contributed by atoms with Crippen LogP contribution in [0.2, 0.25) is 0 Å². The molecule has 132 valence electrons. The predicted molar refractivity (Wildman–Crippen MR) is 99.4 cm³/mol. The minimum absolute atomic E-state index is 0.0610. The quantitative estimate of drug-likeness (QED) is 0.829. The van der Waals surface area contributed by atoms with E-state index in [0.717, 1.165) is 44.8 Å². The van der Waals surface area contributed by atoms with Gasteiger partial charge in [0.15, 0.2) is 0 Å². The van der Waals surface area contributed by atoms with Crippen LogP contribution in [0.15, 0.2) is 29.6 Å². The minimum atomic E-state index is -0.116. The number of hydrogen-bond acceptors (Lipinski definition) is 5. The van der Waals surface area contributed by atoms with E-state index in [2.05, 4.69) is 21.3 Å². The topological polar surface area (TPSA) is 45.7 Å². The van der Waals surface area contributed by atoms with Gasteiger partial charge < -0.3 is 14.5 Å². The fraction of sp³-hybridized carbons (Fsp3) is 0.474. The molecule has 25 heavy (non-hydrogen) atoms. The zero-order valence-corrected chi connectivity index (χ0v) is 15.5. The van der Waals surface area contributed by atoms with Crippen LogP contribution in [0, 0.1) is 0 Å². The van der Waals surface area contributed by atoms with Gasteiger partial charge >= 0.3 is 0 Å². The SMILES string of the molecule is CN(C)C(=O)c1cccc(N2CCC3(CC2)OCCc2ccsc23)n1. The number of rotatable bonds is 2. The summed E-state index contributed by atoms with van der Waals surface area (Å²) >= 11 is 1.83. The number of fused-ring (bicyclic) bond motifs is 2. The van der Waals surface area contributed by atoms with E-state index in [1.54, 1.807) is 25.1 Å². The molecule has 0 radical (unpaired) electrons. The number of anilines is 1. The molecule has 0 bridgehead atoms. The molecule has 0 atom stereocenters. The number of pyridine rings is 1. The van der Waals surface area contributed by atoms with Crippen LogP contribution in [0.5, 0.6) is 0 Å². The number of carbonyl (C=O) groups is 1. The smallest absolute Gasteiger partial charge is 0.272 e. The Morgan fingerprint density at radius 1 is 1.28 bits per heavy atom. The molecule has 2 aromatic rings. The highest BCUT2D eigenvalue weighted by Gasteiger charge is 2.42. The second kappa shape index (κ2) is 6.42. The lowest BCUT2D eigenvalue weighted by Crippen LogP contribution is -2.46. The number of carbonyl (C=O) groups excluding carboxylic acids is 1. The third-order valence-corrected chi connectivity index (χ3v) is 6.31. The van der Waals surface area contributed by atoms with E-state index in [-0.39, 0.29) is 11.5 Å². The van der Waals surface area contributed by atoms with Crippen molar-refractivity contribution in [2.24, 2.45) is 0 Å². The first-order chi connectivity index (χ1) is 12.1. The number of piperidine rings is 1. The summed E-state index contributed by atoms with van der Waals surface area (Å²) < 4.78 is 6.27. The number of hydrogen-bond donors (Lipinski definition) is 0. The molecule has 4 rings (SSSR count). The van der Waals surface area contributed by atoms with Crippen LogP contribution in [-0.4, -0.2) is 49.6 Å². The Kier molecular flexibility index (Phi) is 4.25. The average Bonchev–Trinajstić information content (AvgIpc) is 3.12. The minimum Gasteiger partial charge on any atom is -0.369 e. The highest BCUT2D eigenvalue weighted by atomic mass is 32.1. The number of nitrogens with zero attached hydrogens (tertiary/aromatic N) is 3. The molecular formula is C19H23N3O2S. The van der Waals surface area contributed by atoms with Crippen LogP contribution in [0.3, 0.4) is 0 Å². The van der Waals surface area contributed by atoms with Gasteiger partial charge in [-0.1, -0.05) is 6.07 Å². The molecular weight excluding hydrogens is 334 g/mol. The van der Waals surface area contributed by atoms with Crippen LogP contribution in [0.25, 0.3) is 0 Å². The maximum absolute atomic E-state index is 12.2. The first-order valence-electron chi connectivity index (χ1n) is 8.73. The van der Waals surface area contributed by atoms with Gasteiger partial charge in [0.25, 0.3) is 5.91 Å². The van der Waals surface area contributed by atoms with Crippen molar-refractivity contribution in [3.63, 3.8) is 0 Å². The van der Waals surface area contributed by atoms with Crippen molar-refractivity contribution in [2.45, 2.75) is 24.9 Å². The molecule has 4 heterocycles. The average molecular weight is 357 g/mol. The normalized spacial score (nSPS) is 18.9. The van der Waals surface area contributed by atoms with E-state index in [1.807, 2.05) is 23.5 Å². The number of ether oxygens (including phenoxy) is 1. The highest BCUT2D eigenvalue weighted by Crippen LogP contribution is 2.44. The summed E-state index contributed by atoms with van der Waals surface area (Å²) in [7, 11) is 3.50. The van der Waals surface area contributed by atoms with E-state index in [9.17, 15) is 4.79 Å². The maximum Gasteiger partial charge on any atom is 0.272 e. The highest BCUT2D eigenvalue weighted by molar-refractivity contribution is 7.10. The van der Waals surface area contributed by atoms with Crippen molar-refractivity contribution in [3.8, 4) is 0 Å². The molecule has 0 N–H and O–H groups in total. The van der Waals surface area contributed by atoms with Crippen molar-refractivity contribution >= 4 is 23.1 Å². The summed E-state index contributed by atoms with van der Waals surface area (Å²) in [6.07, 6.45) is 2.96. The van der Waals surface area contributed by atoms with E-state index < -0.39 is 0 Å². The lowest BCUT2D eigenvalue weighted by Gasteiger charge is -2.44. The summed E-state index contributed by atoms with van der Waals surface area (Å²) in [5.74, 6) is 0.818. The number of aromatic nitrogens is 1. The lowest BCUT2D eigenvalue weighted by molar-refractivity contribution is -0.0735. The molecule has 1 saturated heterocycles. The van der Waals surface area contributed by atoms with E-state index >= 15 is 0 Å². The van der Waals surface area contributed by atoms with Crippen LogP contribution in [0.1, 0.15) is 33.8 Å². The molecule has 2 aromatic heterocycles. The van der Waals surface area contributed by atoms with Crippen molar-refractivity contribution in [1.82, 2.24) is 9.88 Å². The summed E-state index contributed by atoms with van der Waals surface area (Å²) in [5, 5.41) is 2.19. The molecule has 2 aliphatic heterocycles. The maximum atomic E-state index is 12.2. The van der Waals surface area contributed by atoms with Crippen molar-refractivity contribution < 1.29 is 9.53 Å². The zero-order valence-electron chi connectivity index (χ0n) is 14.7. The van der Waals surface area contributed by atoms with Gasteiger partial charge in [-0.15, -0.1) is 11.3 Å². The van der Waals surface area contributed by atoms with Gasteiger partial charge in [-0.25, -0.2) is 4.98 Å². The molecule has 2 aliphatic rings. The van der Waals surface area contributed by atoms with Gasteiger partial charge in [-0.3, -0.25) is 4.79 Å². The van der Waals surface area contributed by atoms with Crippen molar-refractivity contribution in [2.75, 3.05) is 38.7 Å². The molecule has 1 spiro atoms. The summed E-state index contributed by atoms with van der Waals surface area (Å²) in [4.78, 5) is 22.0. The molecule has 5 nitrogen and oxygen atoms in total. The fourth-order valence-electron chi connectivity index (χ4n) is 3.77. The molecule has 1 fully saturated rings. The van der Waals surface area contributed by atoms with Crippen LogP contribution >= 0.6 is 11.3 Å². The van der Waals surface area contributed by atoms with Gasteiger partial charge in [0, 0.05) is 32.1 Å². The summed E-state index contributed by atoms with van der Waals surface area (Å²) in [5.41, 5.74) is 1.84. The largest absolute Gasteiger partial charge is 0.369 e. The van der Waals surface area contributed by atoms with Crippen molar-refractivity contribution in [1.29, 1.82) is 0 Å². The molecule has 0 saturated carbocycles. The van der Waals surface area contributed by atoms with Crippen molar-refractivity contribution in [3.05, 3.63) is 45.8 Å². The Balaban J connectivity index is 1.52. The standard InChI is InChI=1S/C19H23N3O2S/c1-21(2)18(23)15-4-3-5-16(20-15)22-10-8-19(9-11-22)17-14(6-12-24-19)7-13-25-17/h3-5,7,13H,6,8-12H2,1-2H3. The van der Waals surface area contributed by atoms with Gasteiger partial charge in [0.05, 0.1) is 6.61 Å². The third kappa shape index (κ3) is 2.93. The predicted octanol–water partition coefficient (Wildman–Crippen LogP) is 2.91. The van der Waals surface area contributed by atoms with Crippen LogP contribution < -0.4 is 4.90 Å². The molecule has 6 heteroatoms. The second-order valence-electron chi connectivity index (χ2n) is 6.94. The third-order valence-electron chi connectivity index (χ3n) is 5.17. The fourth-order valence-corrected chi connectivity index (χ4v) is 4.94. The second-order valence-corrected chi connectivity index (χ2v) is 7.85. The Bertz CT molecular complexity index is 778. The first kappa shape index (κ1) is 16.5. The monoisotopic (exact) mass is 357 g/mol. The molecule has 0 aromatic carbocycles. The Hall–Kier alpha value is -1.92. The van der Waals surface area contributed by atoms with Crippen LogP contribution in [-0.2, 0) is 16.8 Å². The Morgan fingerprint density at radius 2 is 2.08 bits per heavy atom. The van der Waals surface area contributed by atoms with E-state index in [1.165, 1.54) is 10.4 Å². The Labute approximate surface area is 152 Å². The number of thiophene rings is 1. The summed E-state index contributed by atoms with van der Waals surface area (Å²) in [6, 6.07) is 7.93. The number of amides is 1. The molecule has 0 unspecified atom stereocenters. The zero-order chi connectivity index (χ0) is 17.4. The Morgan fingerprint density at radius 3 is 2.84 bits per heavy atom. The van der Waals surface area contributed by atoms with Gasteiger partial charge in [-0.05, 0) is 48.4 Å². The van der Waals surface area contributed by atoms with E-state index in [0.29, 0.717) is 5.69 Å².